The number of aryl methyl sites for hydroxylation is 1. The van der Waals surface area contributed by atoms with Crippen molar-refractivity contribution >= 4 is 23.3 Å². The molecule has 0 spiro atoms. The number of esters is 2. The number of carbonyl (C=O) groups is 2. The van der Waals surface area contributed by atoms with Crippen LogP contribution in [0.3, 0.4) is 0 Å². The number of nitrogens with zero attached hydrogens (tertiary/aromatic N) is 1. The third-order valence-electron chi connectivity index (χ3n) is 4.33. The van der Waals surface area contributed by atoms with E-state index >= 15 is 0 Å². The van der Waals surface area contributed by atoms with Crippen molar-refractivity contribution in [1.29, 1.82) is 0 Å². The highest BCUT2D eigenvalue weighted by Gasteiger charge is 2.36. The van der Waals surface area contributed by atoms with Crippen molar-refractivity contribution < 1.29 is 19.1 Å². The molecule has 0 saturated carbocycles. The minimum Gasteiger partial charge on any atom is -0.466 e. The minimum absolute atomic E-state index is 0.415. The van der Waals surface area contributed by atoms with E-state index in [9.17, 15) is 9.59 Å². The van der Waals surface area contributed by atoms with E-state index in [1.54, 1.807) is 23.7 Å². The summed E-state index contributed by atoms with van der Waals surface area (Å²) in [6.45, 7) is 2.51. The fraction of sp³-hybridized carbons (Fsp3) is 0.238. The molecule has 0 radical (unpaired) electrons. The molecule has 0 unspecified atom stereocenters. The summed E-state index contributed by atoms with van der Waals surface area (Å²) in [5.74, 6) is -1.42. The van der Waals surface area contributed by atoms with Crippen molar-refractivity contribution in [1.82, 2.24) is 4.90 Å². The summed E-state index contributed by atoms with van der Waals surface area (Å²) in [6, 6.07) is 13.7. The Hall–Kier alpha value is -2.86. The summed E-state index contributed by atoms with van der Waals surface area (Å²) in [5, 5.41) is 0. The van der Waals surface area contributed by atoms with Crippen LogP contribution in [0, 0.1) is 6.92 Å². The van der Waals surface area contributed by atoms with Crippen LogP contribution in [0.5, 0.6) is 0 Å². The highest BCUT2D eigenvalue weighted by atomic mass is 32.1. The van der Waals surface area contributed by atoms with Gasteiger partial charge >= 0.3 is 11.9 Å². The fourth-order valence-electron chi connectivity index (χ4n) is 3.09. The van der Waals surface area contributed by atoms with Gasteiger partial charge in [-0.15, -0.1) is 11.3 Å². The average Bonchev–Trinajstić information content (AvgIpc) is 3.12. The summed E-state index contributed by atoms with van der Waals surface area (Å²) >= 11 is 1.55. The molecule has 3 rings (SSSR count). The molecule has 0 amide bonds. The largest absolute Gasteiger partial charge is 0.466 e. The van der Waals surface area contributed by atoms with Crippen LogP contribution in [0.25, 0.3) is 0 Å². The normalized spacial score (nSPS) is 14.4. The van der Waals surface area contributed by atoms with Crippen molar-refractivity contribution in [2.24, 2.45) is 0 Å². The number of hydrogen-bond acceptors (Lipinski definition) is 6. The van der Waals surface area contributed by atoms with Gasteiger partial charge in [0.2, 0.25) is 0 Å². The molecule has 0 fully saturated rings. The van der Waals surface area contributed by atoms with Gasteiger partial charge in [0.05, 0.1) is 31.3 Å². The van der Waals surface area contributed by atoms with Crippen LogP contribution in [-0.2, 0) is 25.6 Å². The number of benzene rings is 1. The van der Waals surface area contributed by atoms with Crippen LogP contribution < -0.4 is 0 Å². The highest BCUT2D eigenvalue weighted by Crippen LogP contribution is 2.40. The van der Waals surface area contributed by atoms with Crippen LogP contribution >= 0.6 is 11.3 Å². The van der Waals surface area contributed by atoms with Crippen molar-refractivity contribution in [3.63, 3.8) is 0 Å². The molecule has 140 valence electrons. The maximum absolute atomic E-state index is 12.5. The zero-order valence-corrected chi connectivity index (χ0v) is 16.3. The predicted octanol–water partition coefficient (Wildman–Crippen LogP) is 3.77. The van der Waals surface area contributed by atoms with E-state index in [1.165, 1.54) is 14.2 Å². The van der Waals surface area contributed by atoms with E-state index in [0.717, 1.165) is 15.3 Å². The number of ether oxygens (including phenoxy) is 2. The zero-order valence-electron chi connectivity index (χ0n) is 15.5. The SMILES string of the molecule is COC(=O)C1=CN(Cc2ccccc2)C=C(C(=O)OC)C1c1ccc(C)s1. The van der Waals surface area contributed by atoms with Gasteiger partial charge in [0.1, 0.15) is 0 Å². The van der Waals surface area contributed by atoms with Crippen LogP contribution in [0.1, 0.15) is 21.2 Å². The van der Waals surface area contributed by atoms with Gasteiger partial charge in [-0.25, -0.2) is 9.59 Å². The first-order valence-electron chi connectivity index (χ1n) is 8.49. The van der Waals surface area contributed by atoms with E-state index < -0.39 is 17.9 Å². The van der Waals surface area contributed by atoms with Crippen LogP contribution in [0.15, 0.2) is 66.0 Å². The number of rotatable bonds is 5. The lowest BCUT2D eigenvalue weighted by Crippen LogP contribution is -2.28. The molecule has 0 aliphatic carbocycles. The first kappa shape index (κ1) is 18.9. The lowest BCUT2D eigenvalue weighted by atomic mass is 9.88. The maximum atomic E-state index is 12.5. The topological polar surface area (TPSA) is 55.8 Å². The Morgan fingerprint density at radius 3 is 2.04 bits per heavy atom. The van der Waals surface area contributed by atoms with E-state index in [2.05, 4.69) is 0 Å². The van der Waals surface area contributed by atoms with E-state index in [-0.39, 0.29) is 0 Å². The Labute approximate surface area is 162 Å². The van der Waals surface area contributed by atoms with Gasteiger partial charge in [0, 0.05) is 28.7 Å². The first-order valence-corrected chi connectivity index (χ1v) is 9.31. The van der Waals surface area contributed by atoms with Gasteiger partial charge in [0.15, 0.2) is 0 Å². The molecule has 1 aromatic carbocycles. The standard InChI is InChI=1S/C21H21NO4S/c1-14-9-10-18(27-14)19-16(20(23)25-2)12-22(13-17(19)21(24)26-3)11-15-7-5-4-6-8-15/h4-10,12-13,19H,11H2,1-3H3. The molecule has 0 saturated heterocycles. The van der Waals surface area contributed by atoms with Crippen molar-refractivity contribution in [2.45, 2.75) is 19.4 Å². The van der Waals surface area contributed by atoms with Gasteiger partial charge in [0.25, 0.3) is 0 Å². The van der Waals surface area contributed by atoms with Crippen molar-refractivity contribution in [3.05, 3.63) is 81.3 Å². The molecule has 5 nitrogen and oxygen atoms in total. The van der Waals surface area contributed by atoms with E-state index in [0.29, 0.717) is 17.7 Å². The average molecular weight is 383 g/mol. The number of methoxy groups -OCH3 is 2. The second kappa shape index (κ2) is 8.22. The number of carbonyl (C=O) groups excluding carboxylic acids is 2. The Morgan fingerprint density at radius 2 is 1.56 bits per heavy atom. The van der Waals surface area contributed by atoms with Crippen LogP contribution in [0.4, 0.5) is 0 Å². The summed E-state index contributed by atoms with van der Waals surface area (Å²) in [7, 11) is 2.69. The molecule has 2 heterocycles. The molecule has 0 bridgehead atoms. The zero-order chi connectivity index (χ0) is 19.4. The van der Waals surface area contributed by atoms with Crippen LogP contribution in [0.2, 0.25) is 0 Å². The first-order chi connectivity index (χ1) is 13.0. The molecule has 6 heteroatoms. The molecule has 0 atom stereocenters. The third-order valence-corrected chi connectivity index (χ3v) is 5.39. The van der Waals surface area contributed by atoms with Gasteiger partial charge in [-0.05, 0) is 24.6 Å². The lowest BCUT2D eigenvalue weighted by Gasteiger charge is -2.29. The Bertz CT molecular complexity index is 864. The quantitative estimate of drug-likeness (QED) is 0.736. The summed E-state index contributed by atoms with van der Waals surface area (Å²) < 4.78 is 10.00. The summed E-state index contributed by atoms with van der Waals surface area (Å²) in [6.07, 6.45) is 3.51. The molecule has 1 aromatic heterocycles. The molecular formula is C21H21NO4S. The maximum Gasteiger partial charge on any atom is 0.336 e. The van der Waals surface area contributed by atoms with Gasteiger partial charge in [-0.1, -0.05) is 30.3 Å². The van der Waals surface area contributed by atoms with E-state index in [1.807, 2.05) is 54.3 Å². The molecule has 1 aliphatic rings. The Balaban J connectivity index is 2.05. The van der Waals surface area contributed by atoms with E-state index in [4.69, 9.17) is 9.47 Å². The molecular weight excluding hydrogens is 362 g/mol. The number of hydrogen-bond donors (Lipinski definition) is 0. The summed E-state index contributed by atoms with van der Waals surface area (Å²) in [4.78, 5) is 28.9. The smallest absolute Gasteiger partial charge is 0.336 e. The minimum atomic E-state index is -0.504. The third kappa shape index (κ3) is 4.11. The molecule has 27 heavy (non-hydrogen) atoms. The Kier molecular flexibility index (Phi) is 5.76. The Morgan fingerprint density at radius 1 is 0.963 bits per heavy atom. The summed E-state index contributed by atoms with van der Waals surface area (Å²) in [5.41, 5.74) is 1.89. The van der Waals surface area contributed by atoms with Gasteiger partial charge in [-0.2, -0.15) is 0 Å². The van der Waals surface area contributed by atoms with Crippen molar-refractivity contribution in [3.8, 4) is 0 Å². The second-order valence-corrected chi connectivity index (χ2v) is 7.51. The monoisotopic (exact) mass is 383 g/mol. The predicted molar refractivity (Wildman–Crippen MR) is 104 cm³/mol. The number of thiophene rings is 1. The van der Waals surface area contributed by atoms with Gasteiger partial charge in [-0.3, -0.25) is 0 Å². The molecule has 2 aromatic rings. The second-order valence-electron chi connectivity index (χ2n) is 6.19. The van der Waals surface area contributed by atoms with Gasteiger partial charge < -0.3 is 14.4 Å². The molecule has 1 aliphatic heterocycles. The fourth-order valence-corrected chi connectivity index (χ4v) is 4.10. The van der Waals surface area contributed by atoms with Crippen molar-refractivity contribution in [2.75, 3.05) is 14.2 Å². The lowest BCUT2D eigenvalue weighted by molar-refractivity contribution is -0.137. The molecule has 0 N–H and O–H groups in total. The van der Waals surface area contributed by atoms with Crippen LogP contribution in [-0.4, -0.2) is 31.1 Å². The highest BCUT2D eigenvalue weighted by molar-refractivity contribution is 7.12.